The van der Waals surface area contributed by atoms with E-state index in [9.17, 15) is 5.11 Å². The van der Waals surface area contributed by atoms with Crippen LogP contribution in [0.4, 0.5) is 0 Å². The largest absolute Gasteiger partial charge is 0.497 e. The number of hydrogen-bond acceptors (Lipinski definition) is 5. The van der Waals surface area contributed by atoms with Crippen LogP contribution in [0.5, 0.6) is 5.75 Å². The number of aliphatic hydroxyl groups excluding tert-OH is 1. The Balaban J connectivity index is 1.52. The summed E-state index contributed by atoms with van der Waals surface area (Å²) in [6.07, 6.45) is -1.21. The molecular formula is C21H26O5. The van der Waals surface area contributed by atoms with Crippen molar-refractivity contribution in [3.05, 3.63) is 65.7 Å². The molecule has 1 aliphatic heterocycles. The maximum atomic E-state index is 9.97. The fourth-order valence-electron chi connectivity index (χ4n) is 2.84. The summed E-state index contributed by atoms with van der Waals surface area (Å²) in [7, 11) is 1.63. The SMILES string of the molecule is [2H][C@H]1O[C@H](COCc2ccc(OC)cc2)[C@@H](OCc2ccccc2)C[C@@H]1O. The van der Waals surface area contributed by atoms with Gasteiger partial charge in [0.1, 0.15) is 11.9 Å². The van der Waals surface area contributed by atoms with Crippen LogP contribution >= 0.6 is 0 Å². The molecule has 3 rings (SSSR count). The molecule has 5 heteroatoms. The molecule has 2 aromatic carbocycles. The van der Waals surface area contributed by atoms with Crippen LogP contribution in [0.1, 0.15) is 18.9 Å². The second-order valence-electron chi connectivity index (χ2n) is 6.31. The minimum absolute atomic E-state index is 0.299. The van der Waals surface area contributed by atoms with E-state index in [0.717, 1.165) is 16.9 Å². The Kier molecular flexibility index (Phi) is 6.52. The summed E-state index contributed by atoms with van der Waals surface area (Å²) in [5.74, 6) is 0.801. The summed E-state index contributed by atoms with van der Waals surface area (Å²) in [5.41, 5.74) is 2.08. The fraction of sp³-hybridized carbons (Fsp3) is 0.429. The summed E-state index contributed by atoms with van der Waals surface area (Å²) in [6.45, 7) is 0.184. The number of ether oxygens (including phenoxy) is 4. The average Bonchev–Trinajstić information content (AvgIpc) is 2.70. The lowest BCUT2D eigenvalue weighted by atomic mass is 10.0. The first-order valence-corrected chi connectivity index (χ1v) is 8.77. The Labute approximate surface area is 155 Å². The summed E-state index contributed by atoms with van der Waals surface area (Å²) in [5, 5.41) is 9.97. The highest BCUT2D eigenvalue weighted by atomic mass is 16.6. The molecule has 2 aromatic rings. The molecule has 26 heavy (non-hydrogen) atoms. The molecule has 0 saturated carbocycles. The van der Waals surface area contributed by atoms with Gasteiger partial charge in [0, 0.05) is 6.42 Å². The molecule has 140 valence electrons. The fourth-order valence-corrected chi connectivity index (χ4v) is 2.84. The molecule has 0 amide bonds. The van der Waals surface area contributed by atoms with Crippen LogP contribution in [0.3, 0.4) is 0 Å². The highest BCUT2D eigenvalue weighted by molar-refractivity contribution is 5.26. The van der Waals surface area contributed by atoms with Crippen molar-refractivity contribution in [2.75, 3.05) is 20.3 Å². The third-order valence-corrected chi connectivity index (χ3v) is 4.32. The number of benzene rings is 2. The lowest BCUT2D eigenvalue weighted by Crippen LogP contribution is -2.45. The molecule has 1 heterocycles. The molecule has 0 aromatic heterocycles. The molecule has 0 spiro atoms. The molecule has 1 fully saturated rings. The van der Waals surface area contributed by atoms with Crippen molar-refractivity contribution in [3.8, 4) is 5.75 Å². The Morgan fingerprint density at radius 1 is 1.08 bits per heavy atom. The van der Waals surface area contributed by atoms with Gasteiger partial charge in [-0.2, -0.15) is 0 Å². The Bertz CT molecular complexity index is 679. The van der Waals surface area contributed by atoms with E-state index in [0.29, 0.717) is 26.2 Å². The highest BCUT2D eigenvalue weighted by Gasteiger charge is 2.31. The van der Waals surface area contributed by atoms with Crippen LogP contribution in [0, 0.1) is 0 Å². The molecule has 1 aliphatic rings. The standard InChI is InChI=1S/C21H26O5/c1-23-19-9-7-17(8-10-19)12-24-15-21-20(11-18(22)14-26-21)25-13-16-5-3-2-4-6-16/h2-10,18,20-22H,11-15H2,1H3/t18-,20-,21+/m0/s1/i14D/t14-,18+,20+,21-/m1. The van der Waals surface area contributed by atoms with Gasteiger partial charge in [-0.1, -0.05) is 42.5 Å². The normalized spacial score (nSPS) is 26.3. The van der Waals surface area contributed by atoms with Gasteiger partial charge in [0.15, 0.2) is 0 Å². The van der Waals surface area contributed by atoms with E-state index < -0.39 is 18.8 Å². The number of hydrogen-bond donors (Lipinski definition) is 1. The maximum absolute atomic E-state index is 9.97. The molecule has 1 N–H and O–H groups in total. The zero-order valence-corrected chi connectivity index (χ0v) is 14.9. The lowest BCUT2D eigenvalue weighted by molar-refractivity contribution is -0.168. The van der Waals surface area contributed by atoms with Gasteiger partial charge in [0.2, 0.25) is 0 Å². The number of aliphatic hydroxyl groups is 1. The van der Waals surface area contributed by atoms with E-state index in [-0.39, 0.29) is 6.10 Å². The second-order valence-corrected chi connectivity index (χ2v) is 6.31. The molecule has 5 nitrogen and oxygen atoms in total. The predicted octanol–water partition coefficient (Wildman–Crippen LogP) is 2.95. The van der Waals surface area contributed by atoms with Gasteiger partial charge in [-0.05, 0) is 23.3 Å². The Morgan fingerprint density at radius 3 is 2.54 bits per heavy atom. The van der Waals surface area contributed by atoms with Crippen molar-refractivity contribution in [1.29, 1.82) is 0 Å². The van der Waals surface area contributed by atoms with Gasteiger partial charge in [-0.3, -0.25) is 0 Å². The first kappa shape index (κ1) is 17.5. The van der Waals surface area contributed by atoms with Gasteiger partial charge in [0.05, 0.1) is 47.1 Å². The zero-order valence-electron chi connectivity index (χ0n) is 15.9. The first-order chi connectivity index (χ1) is 13.2. The van der Waals surface area contributed by atoms with Crippen LogP contribution in [0.25, 0.3) is 0 Å². The van der Waals surface area contributed by atoms with Gasteiger partial charge in [-0.15, -0.1) is 0 Å². The van der Waals surface area contributed by atoms with Crippen molar-refractivity contribution >= 4 is 0 Å². The van der Waals surface area contributed by atoms with Crippen molar-refractivity contribution in [2.45, 2.75) is 37.9 Å². The van der Waals surface area contributed by atoms with Gasteiger partial charge in [0.25, 0.3) is 0 Å². The maximum Gasteiger partial charge on any atom is 0.118 e. The second kappa shape index (κ2) is 9.69. The Hall–Kier alpha value is -1.92. The van der Waals surface area contributed by atoms with Crippen molar-refractivity contribution < 1.29 is 25.4 Å². The Morgan fingerprint density at radius 2 is 1.81 bits per heavy atom. The van der Waals surface area contributed by atoms with E-state index >= 15 is 0 Å². The predicted molar refractivity (Wildman–Crippen MR) is 98.0 cm³/mol. The van der Waals surface area contributed by atoms with Crippen LogP contribution in [-0.2, 0) is 27.4 Å². The van der Waals surface area contributed by atoms with Gasteiger partial charge in [-0.25, -0.2) is 0 Å². The van der Waals surface area contributed by atoms with Crippen LogP contribution in [0.15, 0.2) is 54.6 Å². The van der Waals surface area contributed by atoms with E-state index in [1.807, 2.05) is 54.6 Å². The smallest absolute Gasteiger partial charge is 0.118 e. The number of methoxy groups -OCH3 is 1. The molecule has 0 bridgehead atoms. The average molecular weight is 359 g/mol. The minimum atomic E-state index is -0.976. The van der Waals surface area contributed by atoms with E-state index in [1.165, 1.54) is 0 Å². The molecule has 1 saturated heterocycles. The highest BCUT2D eigenvalue weighted by Crippen LogP contribution is 2.20. The van der Waals surface area contributed by atoms with Crippen LogP contribution in [0.2, 0.25) is 0 Å². The van der Waals surface area contributed by atoms with Crippen LogP contribution in [-0.4, -0.2) is 43.7 Å². The summed E-state index contributed by atoms with van der Waals surface area (Å²) in [6, 6.07) is 17.5. The molecular weight excluding hydrogens is 332 g/mol. The van der Waals surface area contributed by atoms with Crippen molar-refractivity contribution in [3.63, 3.8) is 0 Å². The quantitative estimate of drug-likeness (QED) is 0.785. The van der Waals surface area contributed by atoms with E-state index in [1.54, 1.807) is 7.11 Å². The first-order valence-electron chi connectivity index (χ1n) is 9.35. The summed E-state index contributed by atoms with van der Waals surface area (Å²) < 4.78 is 30.4. The monoisotopic (exact) mass is 359 g/mol. The lowest BCUT2D eigenvalue weighted by Gasteiger charge is -2.34. The molecule has 4 atom stereocenters. The van der Waals surface area contributed by atoms with E-state index in [2.05, 4.69) is 0 Å². The third kappa shape index (κ3) is 5.54. The van der Waals surface area contributed by atoms with E-state index in [4.69, 9.17) is 20.3 Å². The van der Waals surface area contributed by atoms with Crippen molar-refractivity contribution in [1.82, 2.24) is 0 Å². The molecule has 0 unspecified atom stereocenters. The van der Waals surface area contributed by atoms with Gasteiger partial charge < -0.3 is 24.1 Å². The summed E-state index contributed by atoms with van der Waals surface area (Å²) in [4.78, 5) is 0. The molecule has 0 aliphatic carbocycles. The minimum Gasteiger partial charge on any atom is -0.497 e. The third-order valence-electron chi connectivity index (χ3n) is 4.32. The van der Waals surface area contributed by atoms with Gasteiger partial charge >= 0.3 is 0 Å². The zero-order chi connectivity index (χ0) is 19.1. The topological polar surface area (TPSA) is 57.2 Å². The van der Waals surface area contributed by atoms with Crippen molar-refractivity contribution in [2.24, 2.45) is 0 Å². The summed E-state index contributed by atoms with van der Waals surface area (Å²) >= 11 is 0. The molecule has 0 radical (unpaired) electrons. The van der Waals surface area contributed by atoms with Crippen LogP contribution < -0.4 is 4.74 Å². The number of rotatable bonds is 8.